The number of aromatic carboxylic acids is 1. The summed E-state index contributed by atoms with van der Waals surface area (Å²) in [4.78, 5) is 16.3. The molecule has 4 heteroatoms. The number of benzene rings is 1. The second-order valence-corrected chi connectivity index (χ2v) is 5.03. The number of aliphatic imine (C=N–C) groups is 1. The first-order chi connectivity index (χ1) is 7.34. The molecule has 1 heterocycles. The molecular weight excluding hydrogens is 222 g/mol. The van der Waals surface area contributed by atoms with E-state index in [2.05, 4.69) is 17.6 Å². The Morgan fingerprint density at radius 2 is 2.06 bits per heavy atom. The summed E-state index contributed by atoms with van der Waals surface area (Å²) in [6, 6.07) is 3.39. The van der Waals surface area contributed by atoms with Crippen LogP contribution >= 0.6 is 12.6 Å². The Bertz CT molecular complexity index is 518. The van der Waals surface area contributed by atoms with E-state index in [0.29, 0.717) is 10.5 Å². The van der Waals surface area contributed by atoms with E-state index in [0.717, 1.165) is 17.0 Å². The number of carboxylic acids is 1. The standard InChI is InChI=1S/C12H13NO2S/c1-6-12(2,3)10-8(11(14)15)4-7(16)5-9(10)13-6/h4-5,16H,1-3H3,(H,14,15). The summed E-state index contributed by atoms with van der Waals surface area (Å²) in [5.74, 6) is -0.926. The summed E-state index contributed by atoms with van der Waals surface area (Å²) in [7, 11) is 0. The first-order valence-electron chi connectivity index (χ1n) is 5.00. The van der Waals surface area contributed by atoms with Gasteiger partial charge >= 0.3 is 5.97 Å². The fourth-order valence-corrected chi connectivity index (χ4v) is 2.28. The highest BCUT2D eigenvalue weighted by Crippen LogP contribution is 2.43. The van der Waals surface area contributed by atoms with Gasteiger partial charge in [0.1, 0.15) is 0 Å². The largest absolute Gasteiger partial charge is 0.478 e. The van der Waals surface area contributed by atoms with Gasteiger partial charge in [-0.15, -0.1) is 12.6 Å². The predicted octanol–water partition coefficient (Wildman–Crippen LogP) is 3.06. The van der Waals surface area contributed by atoms with Crippen LogP contribution in [0.5, 0.6) is 0 Å². The molecule has 84 valence electrons. The minimum atomic E-state index is -0.926. The van der Waals surface area contributed by atoms with Crippen LogP contribution in [0.3, 0.4) is 0 Å². The molecule has 0 saturated carbocycles. The third-order valence-corrected chi connectivity index (χ3v) is 3.41. The van der Waals surface area contributed by atoms with Gasteiger partial charge in [-0.1, -0.05) is 13.8 Å². The molecule has 1 aliphatic heterocycles. The lowest BCUT2D eigenvalue weighted by Gasteiger charge is -2.21. The summed E-state index contributed by atoms with van der Waals surface area (Å²) in [5.41, 5.74) is 2.43. The number of fused-ring (bicyclic) bond motifs is 1. The van der Waals surface area contributed by atoms with Crippen LogP contribution in [0.2, 0.25) is 0 Å². The molecule has 3 nitrogen and oxygen atoms in total. The highest BCUT2D eigenvalue weighted by molar-refractivity contribution is 7.80. The van der Waals surface area contributed by atoms with Crippen LogP contribution in [0, 0.1) is 0 Å². The van der Waals surface area contributed by atoms with Gasteiger partial charge in [0, 0.05) is 21.6 Å². The minimum absolute atomic E-state index is 0.299. The van der Waals surface area contributed by atoms with Gasteiger partial charge in [-0.25, -0.2) is 4.79 Å². The number of thiol groups is 1. The molecule has 0 aliphatic carbocycles. The van der Waals surface area contributed by atoms with E-state index in [1.807, 2.05) is 26.8 Å². The maximum absolute atomic E-state index is 11.2. The van der Waals surface area contributed by atoms with Crippen LogP contribution in [0.25, 0.3) is 0 Å². The molecule has 0 saturated heterocycles. The van der Waals surface area contributed by atoms with Gasteiger partial charge in [-0.3, -0.25) is 4.99 Å². The predicted molar refractivity (Wildman–Crippen MR) is 66.4 cm³/mol. The summed E-state index contributed by atoms with van der Waals surface area (Å²) >= 11 is 4.20. The van der Waals surface area contributed by atoms with Crippen molar-refractivity contribution in [2.75, 3.05) is 0 Å². The van der Waals surface area contributed by atoms with E-state index in [1.54, 1.807) is 6.07 Å². The Hall–Kier alpha value is -1.29. The van der Waals surface area contributed by atoms with Crippen LogP contribution in [0.1, 0.15) is 36.7 Å². The minimum Gasteiger partial charge on any atom is -0.478 e. The summed E-state index contributed by atoms with van der Waals surface area (Å²) in [6.45, 7) is 5.90. The average molecular weight is 235 g/mol. The SMILES string of the molecule is CC1=Nc2cc(S)cc(C(=O)O)c2C1(C)C. The van der Waals surface area contributed by atoms with Gasteiger partial charge in [0.05, 0.1) is 11.3 Å². The molecule has 0 bridgehead atoms. The number of carboxylic acid groups (broad SMARTS) is 1. The molecule has 2 rings (SSSR count). The van der Waals surface area contributed by atoms with Crippen LogP contribution < -0.4 is 0 Å². The smallest absolute Gasteiger partial charge is 0.336 e. The molecule has 16 heavy (non-hydrogen) atoms. The number of nitrogens with zero attached hydrogens (tertiary/aromatic N) is 1. The van der Waals surface area contributed by atoms with Gasteiger partial charge in [0.2, 0.25) is 0 Å². The summed E-state index contributed by atoms with van der Waals surface area (Å²) in [5, 5.41) is 9.21. The Morgan fingerprint density at radius 3 is 2.62 bits per heavy atom. The lowest BCUT2D eigenvalue weighted by Crippen LogP contribution is -2.25. The van der Waals surface area contributed by atoms with E-state index >= 15 is 0 Å². The fourth-order valence-electron chi connectivity index (χ4n) is 2.03. The monoisotopic (exact) mass is 235 g/mol. The quantitative estimate of drug-likeness (QED) is 0.735. The zero-order valence-electron chi connectivity index (χ0n) is 9.40. The van der Waals surface area contributed by atoms with E-state index in [9.17, 15) is 9.90 Å². The third-order valence-electron chi connectivity index (χ3n) is 3.15. The molecule has 0 fully saturated rings. The molecule has 1 aromatic rings. The van der Waals surface area contributed by atoms with E-state index < -0.39 is 5.97 Å². The van der Waals surface area contributed by atoms with Crippen LogP contribution in [0.15, 0.2) is 22.0 Å². The maximum atomic E-state index is 11.2. The van der Waals surface area contributed by atoms with Crippen LogP contribution in [-0.4, -0.2) is 16.8 Å². The van der Waals surface area contributed by atoms with Crippen molar-refractivity contribution in [3.05, 3.63) is 23.3 Å². The molecule has 1 aromatic carbocycles. The van der Waals surface area contributed by atoms with E-state index in [4.69, 9.17) is 0 Å². The van der Waals surface area contributed by atoms with Crippen molar-refractivity contribution in [2.24, 2.45) is 4.99 Å². The normalized spacial score (nSPS) is 16.9. The molecule has 0 radical (unpaired) electrons. The highest BCUT2D eigenvalue weighted by Gasteiger charge is 2.36. The molecule has 0 amide bonds. The lowest BCUT2D eigenvalue weighted by atomic mass is 9.79. The Labute approximate surface area is 99.6 Å². The maximum Gasteiger partial charge on any atom is 0.336 e. The van der Waals surface area contributed by atoms with Crippen molar-refractivity contribution in [1.29, 1.82) is 0 Å². The molecule has 1 N–H and O–H groups in total. The van der Waals surface area contributed by atoms with Crippen LogP contribution in [0.4, 0.5) is 5.69 Å². The topological polar surface area (TPSA) is 49.7 Å². The van der Waals surface area contributed by atoms with Gasteiger partial charge < -0.3 is 5.11 Å². The molecular formula is C12H13NO2S. The first-order valence-corrected chi connectivity index (χ1v) is 5.45. The Balaban J connectivity index is 2.78. The lowest BCUT2D eigenvalue weighted by molar-refractivity contribution is 0.0694. The zero-order valence-corrected chi connectivity index (χ0v) is 10.3. The second kappa shape index (κ2) is 3.35. The van der Waals surface area contributed by atoms with Gasteiger partial charge in [0.15, 0.2) is 0 Å². The second-order valence-electron chi connectivity index (χ2n) is 4.51. The highest BCUT2D eigenvalue weighted by atomic mass is 32.1. The summed E-state index contributed by atoms with van der Waals surface area (Å²) < 4.78 is 0. The Kier molecular flexibility index (Phi) is 2.35. The molecule has 0 unspecified atom stereocenters. The van der Waals surface area contributed by atoms with Crippen molar-refractivity contribution in [1.82, 2.24) is 0 Å². The van der Waals surface area contributed by atoms with Gasteiger partial charge in [-0.2, -0.15) is 0 Å². The van der Waals surface area contributed by atoms with Crippen molar-refractivity contribution in [2.45, 2.75) is 31.1 Å². The van der Waals surface area contributed by atoms with Gasteiger partial charge in [0.25, 0.3) is 0 Å². The number of hydrogen-bond acceptors (Lipinski definition) is 3. The first kappa shape index (κ1) is 11.2. The van der Waals surface area contributed by atoms with Crippen LogP contribution in [-0.2, 0) is 5.41 Å². The van der Waals surface area contributed by atoms with Crippen molar-refractivity contribution < 1.29 is 9.90 Å². The van der Waals surface area contributed by atoms with E-state index in [-0.39, 0.29) is 5.41 Å². The Morgan fingerprint density at radius 1 is 1.44 bits per heavy atom. The molecule has 0 spiro atoms. The summed E-state index contributed by atoms with van der Waals surface area (Å²) in [6.07, 6.45) is 0. The van der Waals surface area contributed by atoms with Crippen molar-refractivity contribution in [3.8, 4) is 0 Å². The average Bonchev–Trinajstić information content (AvgIpc) is 2.36. The molecule has 0 atom stereocenters. The van der Waals surface area contributed by atoms with E-state index in [1.165, 1.54) is 0 Å². The van der Waals surface area contributed by atoms with Crippen molar-refractivity contribution >= 4 is 30.0 Å². The van der Waals surface area contributed by atoms with Gasteiger partial charge in [-0.05, 0) is 19.1 Å². The number of rotatable bonds is 1. The number of carbonyl (C=O) groups is 1. The van der Waals surface area contributed by atoms with Crippen molar-refractivity contribution in [3.63, 3.8) is 0 Å². The molecule has 0 aromatic heterocycles. The number of hydrogen-bond donors (Lipinski definition) is 2. The zero-order chi connectivity index (χ0) is 12.1. The third kappa shape index (κ3) is 1.45. The fraction of sp³-hybridized carbons (Fsp3) is 0.333. The molecule has 1 aliphatic rings.